The van der Waals surface area contributed by atoms with Crippen LogP contribution in [0.15, 0.2) is 43.2 Å². The lowest BCUT2D eigenvalue weighted by Crippen LogP contribution is -2.47. The van der Waals surface area contributed by atoms with Gasteiger partial charge in [-0.2, -0.15) is 5.10 Å². The molecule has 0 spiro atoms. The molecule has 0 saturated carbocycles. The maximum Gasteiger partial charge on any atom is 0.158 e. The molecule has 4 heterocycles. The highest BCUT2D eigenvalue weighted by molar-refractivity contribution is 5.46. The van der Waals surface area contributed by atoms with Gasteiger partial charge in [-0.05, 0) is 13.0 Å². The maximum absolute atomic E-state index is 4.42. The third-order valence-electron chi connectivity index (χ3n) is 4.07. The fourth-order valence-corrected chi connectivity index (χ4v) is 2.80. The van der Waals surface area contributed by atoms with Gasteiger partial charge in [-0.15, -0.1) is 0 Å². The zero-order chi connectivity index (χ0) is 16.4. The summed E-state index contributed by atoms with van der Waals surface area (Å²) in [6.45, 7) is 5.50. The summed E-state index contributed by atoms with van der Waals surface area (Å²) >= 11 is 0. The van der Waals surface area contributed by atoms with Gasteiger partial charge in [0.05, 0.1) is 11.9 Å². The van der Waals surface area contributed by atoms with Crippen LogP contribution in [0.2, 0.25) is 0 Å². The van der Waals surface area contributed by atoms with Crippen molar-refractivity contribution in [2.75, 3.05) is 36.0 Å². The third kappa shape index (κ3) is 2.90. The molecule has 8 nitrogen and oxygen atoms in total. The molecule has 0 aliphatic carbocycles. The van der Waals surface area contributed by atoms with Crippen LogP contribution in [0.5, 0.6) is 0 Å². The quantitative estimate of drug-likeness (QED) is 0.714. The highest BCUT2D eigenvalue weighted by Gasteiger charge is 2.19. The van der Waals surface area contributed by atoms with Crippen LogP contribution in [0.1, 0.15) is 5.69 Å². The Hall–Kier alpha value is -3.03. The molecule has 0 unspecified atom stereocenters. The Kier molecular flexibility index (Phi) is 3.78. The number of hydrogen-bond donors (Lipinski definition) is 0. The lowest BCUT2D eigenvalue weighted by Gasteiger charge is -2.35. The van der Waals surface area contributed by atoms with Crippen molar-refractivity contribution in [1.29, 1.82) is 0 Å². The Bertz CT molecular complexity index is 808. The van der Waals surface area contributed by atoms with E-state index in [0.29, 0.717) is 0 Å². The van der Waals surface area contributed by atoms with Crippen LogP contribution in [0.3, 0.4) is 0 Å². The van der Waals surface area contributed by atoms with Crippen molar-refractivity contribution in [2.45, 2.75) is 6.92 Å². The fourth-order valence-electron chi connectivity index (χ4n) is 2.80. The molecule has 0 atom stereocenters. The van der Waals surface area contributed by atoms with Crippen LogP contribution in [-0.2, 0) is 0 Å². The Morgan fingerprint density at radius 3 is 2.29 bits per heavy atom. The second kappa shape index (κ2) is 6.23. The van der Waals surface area contributed by atoms with Gasteiger partial charge in [0.1, 0.15) is 18.0 Å². The summed E-state index contributed by atoms with van der Waals surface area (Å²) in [5.74, 6) is 2.63. The predicted octanol–water partition coefficient (Wildman–Crippen LogP) is 1.09. The number of piperazine rings is 1. The zero-order valence-electron chi connectivity index (χ0n) is 13.4. The van der Waals surface area contributed by atoms with Gasteiger partial charge in [0.25, 0.3) is 0 Å². The minimum absolute atomic E-state index is 0.782. The normalized spacial score (nSPS) is 14.9. The van der Waals surface area contributed by atoms with Crippen LogP contribution in [0.4, 0.5) is 11.6 Å². The Labute approximate surface area is 139 Å². The van der Waals surface area contributed by atoms with Gasteiger partial charge in [-0.1, -0.05) is 0 Å². The first-order chi connectivity index (χ1) is 11.8. The lowest BCUT2D eigenvalue weighted by molar-refractivity contribution is 0.639. The molecule has 4 rings (SSSR count). The van der Waals surface area contributed by atoms with Gasteiger partial charge in [0.2, 0.25) is 0 Å². The van der Waals surface area contributed by atoms with Gasteiger partial charge in [0.15, 0.2) is 5.82 Å². The first-order valence-electron chi connectivity index (χ1n) is 7.90. The monoisotopic (exact) mass is 322 g/mol. The Balaban J connectivity index is 1.48. The minimum Gasteiger partial charge on any atom is -0.353 e. The predicted molar refractivity (Wildman–Crippen MR) is 90.3 cm³/mol. The van der Waals surface area contributed by atoms with E-state index in [4.69, 9.17) is 0 Å². The molecule has 1 saturated heterocycles. The molecule has 24 heavy (non-hydrogen) atoms. The van der Waals surface area contributed by atoms with E-state index in [9.17, 15) is 0 Å². The van der Waals surface area contributed by atoms with Gasteiger partial charge < -0.3 is 9.80 Å². The number of hydrogen-bond acceptors (Lipinski definition) is 7. The highest BCUT2D eigenvalue weighted by Crippen LogP contribution is 2.18. The molecule has 1 aliphatic heterocycles. The molecule has 3 aromatic rings. The van der Waals surface area contributed by atoms with Crippen molar-refractivity contribution in [1.82, 2.24) is 29.7 Å². The summed E-state index contributed by atoms with van der Waals surface area (Å²) in [4.78, 5) is 21.7. The summed E-state index contributed by atoms with van der Waals surface area (Å²) in [6.07, 6.45) is 8.73. The number of aryl methyl sites for hydroxylation is 1. The molecule has 122 valence electrons. The van der Waals surface area contributed by atoms with Gasteiger partial charge in [-0.25, -0.2) is 19.6 Å². The second-order valence-corrected chi connectivity index (χ2v) is 5.67. The fraction of sp³-hybridized carbons (Fsp3) is 0.312. The van der Waals surface area contributed by atoms with Crippen LogP contribution in [0.25, 0.3) is 5.82 Å². The molecule has 1 aliphatic rings. The van der Waals surface area contributed by atoms with Crippen molar-refractivity contribution in [3.8, 4) is 5.82 Å². The highest BCUT2D eigenvalue weighted by atomic mass is 15.3. The molecule has 0 N–H and O–H groups in total. The van der Waals surface area contributed by atoms with Crippen molar-refractivity contribution >= 4 is 11.6 Å². The van der Waals surface area contributed by atoms with E-state index in [1.165, 1.54) is 0 Å². The largest absolute Gasteiger partial charge is 0.353 e. The van der Waals surface area contributed by atoms with Crippen LogP contribution in [0, 0.1) is 6.92 Å². The van der Waals surface area contributed by atoms with E-state index in [2.05, 4.69) is 34.8 Å². The molecule has 0 aromatic carbocycles. The first-order valence-corrected chi connectivity index (χ1v) is 7.90. The Morgan fingerprint density at radius 2 is 1.62 bits per heavy atom. The van der Waals surface area contributed by atoms with E-state index < -0.39 is 0 Å². The van der Waals surface area contributed by atoms with E-state index in [1.807, 2.05) is 25.3 Å². The first kappa shape index (κ1) is 14.6. The van der Waals surface area contributed by atoms with Crippen LogP contribution in [-0.4, -0.2) is 55.9 Å². The molecule has 3 aromatic heterocycles. The van der Waals surface area contributed by atoms with E-state index in [1.54, 1.807) is 29.6 Å². The standard InChI is InChI=1S/C16H18N8/c1-13-2-5-24(21-13)15-10-14(19-12-20-15)22-6-8-23(9-7-22)16-11-17-3-4-18-16/h2-5,10-12H,6-9H2,1H3. The summed E-state index contributed by atoms with van der Waals surface area (Å²) in [5, 5.41) is 4.40. The summed E-state index contributed by atoms with van der Waals surface area (Å²) in [5.41, 5.74) is 0.966. The summed E-state index contributed by atoms with van der Waals surface area (Å²) in [7, 11) is 0. The van der Waals surface area contributed by atoms with E-state index in [-0.39, 0.29) is 0 Å². The average molecular weight is 322 g/mol. The average Bonchev–Trinajstić information content (AvgIpc) is 3.09. The van der Waals surface area contributed by atoms with Crippen LogP contribution >= 0.6 is 0 Å². The molecule has 0 amide bonds. The number of aromatic nitrogens is 6. The van der Waals surface area contributed by atoms with Gasteiger partial charge in [-0.3, -0.25) is 4.98 Å². The SMILES string of the molecule is Cc1ccn(-c2cc(N3CCN(c4cnccn4)CC3)ncn2)n1. The molecule has 1 fully saturated rings. The number of rotatable bonds is 3. The zero-order valence-corrected chi connectivity index (χ0v) is 13.4. The smallest absolute Gasteiger partial charge is 0.158 e. The molecule has 0 radical (unpaired) electrons. The van der Waals surface area contributed by atoms with Crippen molar-refractivity contribution in [2.24, 2.45) is 0 Å². The van der Waals surface area contributed by atoms with Crippen molar-refractivity contribution in [3.63, 3.8) is 0 Å². The molecular formula is C16H18N8. The van der Waals surface area contributed by atoms with Gasteiger partial charge in [0, 0.05) is 50.8 Å². The second-order valence-electron chi connectivity index (χ2n) is 5.67. The van der Waals surface area contributed by atoms with E-state index >= 15 is 0 Å². The Morgan fingerprint density at radius 1 is 0.875 bits per heavy atom. The van der Waals surface area contributed by atoms with Crippen molar-refractivity contribution in [3.05, 3.63) is 48.9 Å². The third-order valence-corrected chi connectivity index (χ3v) is 4.07. The van der Waals surface area contributed by atoms with Crippen molar-refractivity contribution < 1.29 is 0 Å². The lowest BCUT2D eigenvalue weighted by atomic mass is 10.3. The minimum atomic E-state index is 0.782. The topological polar surface area (TPSA) is 75.9 Å². The van der Waals surface area contributed by atoms with Crippen LogP contribution < -0.4 is 9.80 Å². The molecular weight excluding hydrogens is 304 g/mol. The van der Waals surface area contributed by atoms with Gasteiger partial charge >= 0.3 is 0 Å². The number of anilines is 2. The molecule has 8 heteroatoms. The van der Waals surface area contributed by atoms with E-state index in [0.717, 1.165) is 49.3 Å². The summed E-state index contributed by atoms with van der Waals surface area (Å²) < 4.78 is 1.77. The number of nitrogens with zero attached hydrogens (tertiary/aromatic N) is 8. The summed E-state index contributed by atoms with van der Waals surface area (Å²) in [6, 6.07) is 3.94. The molecule has 0 bridgehead atoms. The maximum atomic E-state index is 4.42.